The molecule has 2 heteroatoms. The van der Waals surface area contributed by atoms with Crippen molar-refractivity contribution in [2.75, 3.05) is 7.11 Å². The Morgan fingerprint density at radius 2 is 2.00 bits per heavy atom. The van der Waals surface area contributed by atoms with Gasteiger partial charge in [-0.1, -0.05) is 6.07 Å². The van der Waals surface area contributed by atoms with Gasteiger partial charge in [0.1, 0.15) is 5.75 Å². The number of nitrogens with one attached hydrogen (secondary N) is 1. The van der Waals surface area contributed by atoms with Crippen LogP contribution in [0.3, 0.4) is 0 Å². The summed E-state index contributed by atoms with van der Waals surface area (Å²) >= 11 is 0. The Morgan fingerprint density at radius 1 is 1.25 bits per heavy atom. The second-order valence-corrected chi connectivity index (χ2v) is 3.15. The number of hydrogen-bond acceptors (Lipinski definition) is 2. The smallest absolute Gasteiger partial charge is 0.123 e. The summed E-state index contributed by atoms with van der Waals surface area (Å²) in [7, 11) is 1.73. The SMILES string of the molecule is COc1ccc(C)c2c1CNC2. The van der Waals surface area contributed by atoms with Crippen molar-refractivity contribution in [3.05, 3.63) is 28.8 Å². The number of hydrogen-bond donors (Lipinski definition) is 1. The summed E-state index contributed by atoms with van der Waals surface area (Å²) in [5.41, 5.74) is 4.10. The van der Waals surface area contributed by atoms with Gasteiger partial charge in [-0.3, -0.25) is 0 Å². The van der Waals surface area contributed by atoms with Gasteiger partial charge in [0, 0.05) is 18.7 Å². The van der Waals surface area contributed by atoms with E-state index in [-0.39, 0.29) is 0 Å². The highest BCUT2D eigenvalue weighted by Gasteiger charge is 2.16. The number of aryl methyl sites for hydroxylation is 1. The van der Waals surface area contributed by atoms with Gasteiger partial charge < -0.3 is 10.1 Å². The van der Waals surface area contributed by atoms with Gasteiger partial charge in [-0.15, -0.1) is 0 Å². The van der Waals surface area contributed by atoms with Crippen molar-refractivity contribution in [3.63, 3.8) is 0 Å². The molecule has 2 rings (SSSR count). The van der Waals surface area contributed by atoms with E-state index < -0.39 is 0 Å². The van der Waals surface area contributed by atoms with Gasteiger partial charge in [0.05, 0.1) is 7.11 Å². The zero-order valence-electron chi connectivity index (χ0n) is 7.48. The Hall–Kier alpha value is -1.02. The summed E-state index contributed by atoms with van der Waals surface area (Å²) in [6.45, 7) is 4.07. The molecule has 1 aliphatic heterocycles. The lowest BCUT2D eigenvalue weighted by Gasteiger charge is -2.07. The van der Waals surface area contributed by atoms with Crippen LogP contribution in [0, 0.1) is 6.92 Å². The molecular formula is C10H13NO. The van der Waals surface area contributed by atoms with Gasteiger partial charge in [-0.2, -0.15) is 0 Å². The summed E-state index contributed by atoms with van der Waals surface area (Å²) in [6, 6.07) is 4.16. The molecule has 0 saturated heterocycles. The number of methoxy groups -OCH3 is 1. The zero-order valence-corrected chi connectivity index (χ0v) is 7.48. The van der Waals surface area contributed by atoms with Crippen LogP contribution in [0.4, 0.5) is 0 Å². The summed E-state index contributed by atoms with van der Waals surface area (Å²) < 4.78 is 5.27. The summed E-state index contributed by atoms with van der Waals surface area (Å²) in [5, 5.41) is 3.32. The second-order valence-electron chi connectivity index (χ2n) is 3.15. The van der Waals surface area contributed by atoms with Crippen LogP contribution < -0.4 is 10.1 Å². The minimum Gasteiger partial charge on any atom is -0.496 e. The highest BCUT2D eigenvalue weighted by molar-refractivity contribution is 5.46. The predicted molar refractivity (Wildman–Crippen MR) is 48.3 cm³/mol. The molecule has 1 aliphatic rings. The lowest BCUT2D eigenvalue weighted by molar-refractivity contribution is 0.409. The van der Waals surface area contributed by atoms with Crippen molar-refractivity contribution in [3.8, 4) is 5.75 Å². The minimum atomic E-state index is 0.945. The number of rotatable bonds is 1. The lowest BCUT2D eigenvalue weighted by Crippen LogP contribution is -2.00. The fourth-order valence-corrected chi connectivity index (χ4v) is 1.73. The van der Waals surface area contributed by atoms with E-state index in [2.05, 4.69) is 18.3 Å². The normalized spacial score (nSPS) is 14.5. The van der Waals surface area contributed by atoms with Gasteiger partial charge in [0.2, 0.25) is 0 Å². The first-order valence-electron chi connectivity index (χ1n) is 4.19. The molecule has 0 aliphatic carbocycles. The fourth-order valence-electron chi connectivity index (χ4n) is 1.73. The first-order chi connectivity index (χ1) is 5.83. The molecule has 1 aromatic rings. The van der Waals surface area contributed by atoms with Crippen LogP contribution in [0.5, 0.6) is 5.75 Å². The highest BCUT2D eigenvalue weighted by Crippen LogP contribution is 2.28. The lowest BCUT2D eigenvalue weighted by atomic mass is 10.0. The van der Waals surface area contributed by atoms with Gasteiger partial charge in [0.25, 0.3) is 0 Å². The average molecular weight is 163 g/mol. The molecule has 2 nitrogen and oxygen atoms in total. The van der Waals surface area contributed by atoms with E-state index in [0.717, 1.165) is 18.8 Å². The quantitative estimate of drug-likeness (QED) is 0.679. The number of fused-ring (bicyclic) bond motifs is 1. The van der Waals surface area contributed by atoms with E-state index in [1.165, 1.54) is 16.7 Å². The van der Waals surface area contributed by atoms with Crippen LogP contribution in [0.2, 0.25) is 0 Å². The molecule has 1 aromatic carbocycles. The highest BCUT2D eigenvalue weighted by atomic mass is 16.5. The molecule has 0 atom stereocenters. The molecule has 12 heavy (non-hydrogen) atoms. The molecular weight excluding hydrogens is 150 g/mol. The molecule has 0 spiro atoms. The molecule has 0 bridgehead atoms. The van der Waals surface area contributed by atoms with Crippen LogP contribution in [-0.4, -0.2) is 7.11 Å². The number of benzene rings is 1. The van der Waals surface area contributed by atoms with E-state index in [0.29, 0.717) is 0 Å². The van der Waals surface area contributed by atoms with Crippen molar-refractivity contribution in [2.24, 2.45) is 0 Å². The largest absolute Gasteiger partial charge is 0.496 e. The first kappa shape index (κ1) is 7.62. The molecule has 0 aromatic heterocycles. The van der Waals surface area contributed by atoms with Crippen LogP contribution in [0.25, 0.3) is 0 Å². The maximum atomic E-state index is 5.27. The van der Waals surface area contributed by atoms with Crippen molar-refractivity contribution >= 4 is 0 Å². The molecule has 0 fully saturated rings. The minimum absolute atomic E-state index is 0.945. The van der Waals surface area contributed by atoms with Crippen LogP contribution in [0.15, 0.2) is 12.1 Å². The predicted octanol–water partition coefficient (Wildman–Crippen LogP) is 1.61. The van der Waals surface area contributed by atoms with E-state index in [1.54, 1.807) is 7.11 Å². The van der Waals surface area contributed by atoms with E-state index in [4.69, 9.17) is 4.74 Å². The average Bonchev–Trinajstić information content (AvgIpc) is 2.54. The Bertz CT molecular complexity index is 307. The molecule has 1 heterocycles. The van der Waals surface area contributed by atoms with Crippen molar-refractivity contribution in [1.29, 1.82) is 0 Å². The molecule has 64 valence electrons. The van der Waals surface area contributed by atoms with Gasteiger partial charge in [-0.25, -0.2) is 0 Å². The van der Waals surface area contributed by atoms with Gasteiger partial charge in [-0.05, 0) is 24.1 Å². The van der Waals surface area contributed by atoms with Crippen LogP contribution >= 0.6 is 0 Å². The molecule has 0 radical (unpaired) electrons. The van der Waals surface area contributed by atoms with Crippen molar-refractivity contribution in [1.82, 2.24) is 5.32 Å². The maximum Gasteiger partial charge on any atom is 0.123 e. The van der Waals surface area contributed by atoms with Gasteiger partial charge in [0.15, 0.2) is 0 Å². The Balaban J connectivity index is 2.57. The fraction of sp³-hybridized carbons (Fsp3) is 0.400. The Kier molecular flexibility index (Phi) is 1.77. The second kappa shape index (κ2) is 2.79. The van der Waals surface area contributed by atoms with E-state index in [1.807, 2.05) is 6.07 Å². The first-order valence-corrected chi connectivity index (χ1v) is 4.19. The van der Waals surface area contributed by atoms with Crippen LogP contribution in [-0.2, 0) is 13.1 Å². The number of ether oxygens (including phenoxy) is 1. The van der Waals surface area contributed by atoms with E-state index >= 15 is 0 Å². The van der Waals surface area contributed by atoms with E-state index in [9.17, 15) is 0 Å². The Labute approximate surface area is 72.5 Å². The van der Waals surface area contributed by atoms with Crippen LogP contribution in [0.1, 0.15) is 16.7 Å². The van der Waals surface area contributed by atoms with Crippen molar-refractivity contribution in [2.45, 2.75) is 20.0 Å². The molecule has 0 amide bonds. The summed E-state index contributed by atoms with van der Waals surface area (Å²) in [4.78, 5) is 0. The molecule has 0 unspecified atom stereocenters. The molecule has 0 saturated carbocycles. The van der Waals surface area contributed by atoms with Crippen molar-refractivity contribution < 1.29 is 4.74 Å². The third kappa shape index (κ3) is 0.994. The monoisotopic (exact) mass is 163 g/mol. The zero-order chi connectivity index (χ0) is 8.55. The summed E-state index contributed by atoms with van der Waals surface area (Å²) in [6.07, 6.45) is 0. The third-order valence-electron chi connectivity index (χ3n) is 2.45. The maximum absolute atomic E-state index is 5.27. The third-order valence-corrected chi connectivity index (χ3v) is 2.45. The van der Waals surface area contributed by atoms with Gasteiger partial charge >= 0.3 is 0 Å². The summed E-state index contributed by atoms with van der Waals surface area (Å²) in [5.74, 6) is 1.01. The topological polar surface area (TPSA) is 21.3 Å². The Morgan fingerprint density at radius 3 is 2.75 bits per heavy atom. The molecule has 1 N–H and O–H groups in total. The standard InChI is InChI=1S/C10H13NO/c1-7-3-4-10(12-2)9-6-11-5-8(7)9/h3-4,11H,5-6H2,1-2H3.